The molecule has 4 nitrogen and oxygen atoms in total. The zero-order valence-corrected chi connectivity index (χ0v) is 14.8. The summed E-state index contributed by atoms with van der Waals surface area (Å²) in [5, 5.41) is 4.85. The van der Waals surface area contributed by atoms with Crippen LogP contribution in [0.15, 0.2) is 47.7 Å². The number of hydrogen-bond donors (Lipinski definition) is 1. The third-order valence-electron chi connectivity index (χ3n) is 4.21. The van der Waals surface area contributed by atoms with Gasteiger partial charge in [0.1, 0.15) is 10.9 Å². The van der Waals surface area contributed by atoms with E-state index in [0.717, 1.165) is 16.8 Å². The standard InChI is InChI=1S/C18H17ClF3N3O/c1-10(2)15-16(11-3-6-13(7-4-11)26-18(20,21)22)24-25-17(15)12-5-8-14(19)23-9-12/h3-10,15,17,25H,1-2H3. The lowest BCUT2D eigenvalue weighted by atomic mass is 9.80. The van der Waals surface area contributed by atoms with Gasteiger partial charge in [-0.2, -0.15) is 5.10 Å². The summed E-state index contributed by atoms with van der Waals surface area (Å²) in [4.78, 5) is 4.11. The van der Waals surface area contributed by atoms with E-state index in [4.69, 9.17) is 11.6 Å². The molecule has 0 bridgehead atoms. The van der Waals surface area contributed by atoms with Crippen molar-refractivity contribution in [2.45, 2.75) is 26.3 Å². The van der Waals surface area contributed by atoms with Crippen LogP contribution in [-0.4, -0.2) is 17.1 Å². The summed E-state index contributed by atoms with van der Waals surface area (Å²) in [6.45, 7) is 4.15. The maximum atomic E-state index is 12.3. The fourth-order valence-corrected chi connectivity index (χ4v) is 3.20. The van der Waals surface area contributed by atoms with Gasteiger partial charge in [-0.1, -0.05) is 31.5 Å². The smallest absolute Gasteiger partial charge is 0.406 e. The van der Waals surface area contributed by atoms with E-state index in [-0.39, 0.29) is 23.6 Å². The van der Waals surface area contributed by atoms with E-state index in [1.807, 2.05) is 6.07 Å². The van der Waals surface area contributed by atoms with Crippen molar-refractivity contribution in [3.05, 3.63) is 58.9 Å². The highest BCUT2D eigenvalue weighted by atomic mass is 35.5. The molecule has 2 heterocycles. The molecule has 1 aromatic carbocycles. The highest BCUT2D eigenvalue weighted by Gasteiger charge is 2.36. The second-order valence-electron chi connectivity index (χ2n) is 6.36. The lowest BCUT2D eigenvalue weighted by Gasteiger charge is -2.24. The lowest BCUT2D eigenvalue weighted by Crippen LogP contribution is -2.26. The molecule has 0 radical (unpaired) electrons. The summed E-state index contributed by atoms with van der Waals surface area (Å²) in [5.41, 5.74) is 5.60. The summed E-state index contributed by atoms with van der Waals surface area (Å²) >= 11 is 5.85. The molecule has 3 rings (SSSR count). The number of ether oxygens (including phenoxy) is 1. The number of rotatable bonds is 4. The fraction of sp³-hybridized carbons (Fsp3) is 0.333. The first kappa shape index (κ1) is 18.5. The third kappa shape index (κ3) is 4.09. The molecular formula is C18H17ClF3N3O. The van der Waals surface area contributed by atoms with Crippen molar-refractivity contribution in [3.63, 3.8) is 0 Å². The van der Waals surface area contributed by atoms with Crippen molar-refractivity contribution < 1.29 is 17.9 Å². The monoisotopic (exact) mass is 383 g/mol. The third-order valence-corrected chi connectivity index (χ3v) is 4.43. The second kappa shape index (κ2) is 7.15. The van der Waals surface area contributed by atoms with E-state index >= 15 is 0 Å². The number of pyridine rings is 1. The Hall–Kier alpha value is -2.28. The molecule has 0 fully saturated rings. The second-order valence-corrected chi connectivity index (χ2v) is 6.75. The van der Waals surface area contributed by atoms with Gasteiger partial charge in [0.25, 0.3) is 0 Å². The fourth-order valence-electron chi connectivity index (χ4n) is 3.09. The maximum Gasteiger partial charge on any atom is 0.573 e. The Kier molecular flexibility index (Phi) is 5.09. The van der Waals surface area contributed by atoms with Crippen molar-refractivity contribution in [2.75, 3.05) is 0 Å². The first-order chi connectivity index (χ1) is 12.2. The summed E-state index contributed by atoms with van der Waals surface area (Å²) in [7, 11) is 0. The molecule has 0 amide bonds. The van der Waals surface area contributed by atoms with E-state index in [1.165, 1.54) is 12.1 Å². The zero-order valence-electron chi connectivity index (χ0n) is 14.1. The molecule has 0 aliphatic carbocycles. The Morgan fingerprint density at radius 1 is 1.12 bits per heavy atom. The predicted octanol–water partition coefficient (Wildman–Crippen LogP) is 4.95. The molecule has 0 spiro atoms. The van der Waals surface area contributed by atoms with Crippen molar-refractivity contribution in [2.24, 2.45) is 16.9 Å². The van der Waals surface area contributed by atoms with E-state index in [2.05, 4.69) is 34.1 Å². The van der Waals surface area contributed by atoms with Crippen LogP contribution in [0.2, 0.25) is 5.15 Å². The maximum absolute atomic E-state index is 12.3. The highest BCUT2D eigenvalue weighted by molar-refractivity contribution is 6.29. The highest BCUT2D eigenvalue weighted by Crippen LogP contribution is 2.36. The number of benzene rings is 1. The average molecular weight is 384 g/mol. The van der Waals surface area contributed by atoms with Crippen LogP contribution in [0.25, 0.3) is 0 Å². The average Bonchev–Trinajstić information content (AvgIpc) is 3.00. The minimum absolute atomic E-state index is 0.0346. The summed E-state index contributed by atoms with van der Waals surface area (Å²) < 4.78 is 40.8. The van der Waals surface area contributed by atoms with Gasteiger partial charge < -0.3 is 10.2 Å². The van der Waals surface area contributed by atoms with Gasteiger partial charge in [0.2, 0.25) is 0 Å². The first-order valence-electron chi connectivity index (χ1n) is 8.05. The molecule has 2 aromatic rings. The Balaban J connectivity index is 1.84. The topological polar surface area (TPSA) is 46.5 Å². The molecule has 1 aliphatic rings. The van der Waals surface area contributed by atoms with Crippen LogP contribution in [0.4, 0.5) is 13.2 Å². The molecule has 2 atom stereocenters. The number of hydrogen-bond acceptors (Lipinski definition) is 4. The van der Waals surface area contributed by atoms with Crippen LogP contribution >= 0.6 is 11.6 Å². The van der Waals surface area contributed by atoms with Crippen molar-refractivity contribution in [3.8, 4) is 5.75 Å². The Morgan fingerprint density at radius 2 is 1.81 bits per heavy atom. The predicted molar refractivity (Wildman–Crippen MR) is 93.1 cm³/mol. The number of alkyl halides is 3. The van der Waals surface area contributed by atoms with Gasteiger partial charge in [-0.05, 0) is 47.4 Å². The van der Waals surface area contributed by atoms with Crippen LogP contribution in [0.3, 0.4) is 0 Å². The number of hydrazone groups is 1. The molecule has 26 heavy (non-hydrogen) atoms. The van der Waals surface area contributed by atoms with Crippen molar-refractivity contribution in [1.29, 1.82) is 0 Å². The molecule has 1 N–H and O–H groups in total. The largest absolute Gasteiger partial charge is 0.573 e. The van der Waals surface area contributed by atoms with Gasteiger partial charge in [-0.25, -0.2) is 4.98 Å². The van der Waals surface area contributed by atoms with Crippen LogP contribution in [0, 0.1) is 11.8 Å². The van der Waals surface area contributed by atoms with Gasteiger partial charge in [-0.15, -0.1) is 13.2 Å². The van der Waals surface area contributed by atoms with E-state index in [0.29, 0.717) is 5.15 Å². The van der Waals surface area contributed by atoms with Gasteiger partial charge >= 0.3 is 6.36 Å². The van der Waals surface area contributed by atoms with Crippen molar-refractivity contribution >= 4 is 17.3 Å². The Morgan fingerprint density at radius 3 is 2.35 bits per heavy atom. The Bertz CT molecular complexity index is 789. The van der Waals surface area contributed by atoms with Gasteiger partial charge in [0.15, 0.2) is 0 Å². The SMILES string of the molecule is CC(C)C1C(c2ccc(OC(F)(F)F)cc2)=NNC1c1ccc(Cl)nc1. The number of nitrogens with one attached hydrogen (secondary N) is 1. The van der Waals surface area contributed by atoms with Crippen LogP contribution in [-0.2, 0) is 0 Å². The van der Waals surface area contributed by atoms with Crippen LogP contribution in [0.1, 0.15) is 31.0 Å². The molecule has 8 heteroatoms. The summed E-state index contributed by atoms with van der Waals surface area (Å²) in [6, 6.07) is 9.28. The van der Waals surface area contributed by atoms with Gasteiger partial charge in [-0.3, -0.25) is 0 Å². The normalized spacial score (nSPS) is 20.0. The quantitative estimate of drug-likeness (QED) is 0.759. The molecule has 1 aromatic heterocycles. The Labute approximate surface area is 154 Å². The van der Waals surface area contributed by atoms with E-state index in [9.17, 15) is 13.2 Å². The van der Waals surface area contributed by atoms with Gasteiger partial charge in [0.05, 0.1) is 11.8 Å². The zero-order chi connectivity index (χ0) is 18.9. The van der Waals surface area contributed by atoms with E-state index in [1.54, 1.807) is 24.4 Å². The number of nitrogens with zero attached hydrogens (tertiary/aromatic N) is 2. The molecule has 2 unspecified atom stereocenters. The first-order valence-corrected chi connectivity index (χ1v) is 8.43. The van der Waals surface area contributed by atoms with Crippen LogP contribution in [0.5, 0.6) is 5.75 Å². The minimum Gasteiger partial charge on any atom is -0.406 e. The summed E-state index contributed by atoms with van der Waals surface area (Å²) in [6.07, 6.45) is -3.00. The van der Waals surface area contributed by atoms with Crippen LogP contribution < -0.4 is 10.2 Å². The molecule has 1 aliphatic heterocycles. The molecular weight excluding hydrogens is 367 g/mol. The number of aromatic nitrogens is 1. The minimum atomic E-state index is -4.71. The number of halogens is 4. The van der Waals surface area contributed by atoms with E-state index < -0.39 is 6.36 Å². The van der Waals surface area contributed by atoms with Crippen molar-refractivity contribution in [1.82, 2.24) is 10.4 Å². The molecule has 0 saturated carbocycles. The molecule has 0 saturated heterocycles. The lowest BCUT2D eigenvalue weighted by molar-refractivity contribution is -0.274. The summed E-state index contributed by atoms with van der Waals surface area (Å²) in [5.74, 6) is 0.0234. The molecule has 138 valence electrons. The van der Waals surface area contributed by atoms with Gasteiger partial charge in [0, 0.05) is 12.1 Å².